The minimum atomic E-state index is -0.171. The lowest BCUT2D eigenvalue weighted by Crippen LogP contribution is -2.07. The van der Waals surface area contributed by atoms with Gasteiger partial charge in [0.25, 0.3) is 0 Å². The normalized spacial score (nSPS) is 9.48. The van der Waals surface area contributed by atoms with Crippen molar-refractivity contribution in [2.75, 3.05) is 10.6 Å². The fraction of sp³-hybridized carbons (Fsp3) is 0.125. The standard InChI is InChI=1S/C9H9ClN2O.C7H6BrClN2O/c1-3-7-5-11-9(4-8(7)10)12-6(2)13;1-4(12)11-7-2-6(9)5(8)3-10-7/h3-5H,1H2,2H3,(H,11,12,13);2-3H,1H3,(H,10,11,12). The summed E-state index contributed by atoms with van der Waals surface area (Å²) in [5, 5.41) is 6.09. The molecule has 0 saturated carbocycles. The van der Waals surface area contributed by atoms with E-state index in [0.29, 0.717) is 26.2 Å². The number of rotatable bonds is 3. The highest BCUT2D eigenvalue weighted by molar-refractivity contribution is 9.10. The number of nitrogens with zero attached hydrogens (tertiary/aromatic N) is 2. The van der Waals surface area contributed by atoms with Crippen molar-refractivity contribution < 1.29 is 9.59 Å². The second kappa shape index (κ2) is 10.1. The molecule has 25 heavy (non-hydrogen) atoms. The van der Waals surface area contributed by atoms with E-state index in [2.05, 4.69) is 43.1 Å². The average Bonchev–Trinajstić information content (AvgIpc) is 2.51. The zero-order valence-electron chi connectivity index (χ0n) is 13.4. The minimum Gasteiger partial charge on any atom is -0.311 e. The molecule has 2 heterocycles. The van der Waals surface area contributed by atoms with Crippen molar-refractivity contribution in [3.63, 3.8) is 0 Å². The minimum absolute atomic E-state index is 0.166. The van der Waals surface area contributed by atoms with Crippen molar-refractivity contribution in [1.29, 1.82) is 0 Å². The molecule has 0 aliphatic carbocycles. The van der Waals surface area contributed by atoms with E-state index in [1.807, 2.05) is 0 Å². The van der Waals surface area contributed by atoms with Crippen LogP contribution in [0.4, 0.5) is 11.6 Å². The van der Waals surface area contributed by atoms with E-state index in [9.17, 15) is 9.59 Å². The fourth-order valence-corrected chi connectivity index (χ4v) is 2.10. The van der Waals surface area contributed by atoms with E-state index in [-0.39, 0.29) is 11.8 Å². The monoisotopic (exact) mass is 444 g/mol. The van der Waals surface area contributed by atoms with Crippen LogP contribution in [-0.4, -0.2) is 21.8 Å². The van der Waals surface area contributed by atoms with Gasteiger partial charge in [-0.1, -0.05) is 35.9 Å². The van der Waals surface area contributed by atoms with Gasteiger partial charge < -0.3 is 10.6 Å². The van der Waals surface area contributed by atoms with Crippen LogP contribution in [0.25, 0.3) is 6.08 Å². The summed E-state index contributed by atoms with van der Waals surface area (Å²) in [7, 11) is 0. The number of hydrogen-bond donors (Lipinski definition) is 2. The molecule has 0 aromatic carbocycles. The van der Waals surface area contributed by atoms with Crippen LogP contribution in [0.15, 0.2) is 35.6 Å². The predicted molar refractivity (Wildman–Crippen MR) is 105 cm³/mol. The third kappa shape index (κ3) is 7.64. The van der Waals surface area contributed by atoms with Crippen LogP contribution in [-0.2, 0) is 9.59 Å². The first-order chi connectivity index (χ1) is 11.7. The maximum absolute atomic E-state index is 10.7. The van der Waals surface area contributed by atoms with Gasteiger partial charge in [-0.15, -0.1) is 0 Å². The second-order valence-electron chi connectivity index (χ2n) is 4.64. The molecule has 0 unspecified atom stereocenters. The molecule has 2 amide bonds. The van der Waals surface area contributed by atoms with Crippen molar-refractivity contribution in [3.8, 4) is 0 Å². The Morgan fingerprint density at radius 3 is 1.92 bits per heavy atom. The van der Waals surface area contributed by atoms with Gasteiger partial charge in [0.1, 0.15) is 11.6 Å². The average molecular weight is 446 g/mol. The van der Waals surface area contributed by atoms with Crippen LogP contribution in [0, 0.1) is 0 Å². The first-order valence-corrected chi connectivity index (χ1v) is 8.42. The Morgan fingerprint density at radius 1 is 1.04 bits per heavy atom. The van der Waals surface area contributed by atoms with Gasteiger partial charge in [-0.25, -0.2) is 9.97 Å². The molecule has 0 radical (unpaired) electrons. The summed E-state index contributed by atoms with van der Waals surface area (Å²) in [6.07, 6.45) is 4.70. The lowest BCUT2D eigenvalue weighted by molar-refractivity contribution is -0.115. The van der Waals surface area contributed by atoms with Gasteiger partial charge in [-0.05, 0) is 15.9 Å². The lowest BCUT2D eigenvalue weighted by atomic mass is 10.3. The summed E-state index contributed by atoms with van der Waals surface area (Å²) in [4.78, 5) is 29.1. The number of aromatic nitrogens is 2. The maximum Gasteiger partial charge on any atom is 0.222 e. The number of pyridine rings is 2. The van der Waals surface area contributed by atoms with Gasteiger partial charge in [0.15, 0.2) is 0 Å². The van der Waals surface area contributed by atoms with E-state index in [1.54, 1.807) is 24.4 Å². The van der Waals surface area contributed by atoms with Crippen molar-refractivity contribution in [2.24, 2.45) is 0 Å². The number of halogens is 3. The van der Waals surface area contributed by atoms with E-state index < -0.39 is 0 Å². The molecule has 0 bridgehead atoms. The summed E-state index contributed by atoms with van der Waals surface area (Å²) in [6, 6.07) is 3.16. The van der Waals surface area contributed by atoms with Crippen LogP contribution in [0.2, 0.25) is 10.0 Å². The van der Waals surface area contributed by atoms with Gasteiger partial charge >= 0.3 is 0 Å². The fourth-order valence-electron chi connectivity index (χ4n) is 1.50. The lowest BCUT2D eigenvalue weighted by Gasteiger charge is -2.02. The van der Waals surface area contributed by atoms with Crippen molar-refractivity contribution in [2.45, 2.75) is 13.8 Å². The molecule has 6 nitrogen and oxygen atoms in total. The number of carbonyl (C=O) groups is 2. The smallest absolute Gasteiger partial charge is 0.222 e. The molecule has 0 fully saturated rings. The molecule has 0 aliphatic rings. The van der Waals surface area contributed by atoms with Crippen molar-refractivity contribution >= 4 is 68.7 Å². The summed E-state index contributed by atoms with van der Waals surface area (Å²) in [5.41, 5.74) is 0.746. The number of hydrogen-bond acceptors (Lipinski definition) is 4. The summed E-state index contributed by atoms with van der Waals surface area (Å²) in [5.74, 6) is 0.564. The zero-order valence-corrected chi connectivity index (χ0v) is 16.5. The molecule has 0 aliphatic heterocycles. The van der Waals surface area contributed by atoms with E-state index in [4.69, 9.17) is 23.2 Å². The largest absolute Gasteiger partial charge is 0.311 e. The molecule has 9 heteroatoms. The van der Waals surface area contributed by atoms with Crippen molar-refractivity contribution in [1.82, 2.24) is 9.97 Å². The molecule has 0 spiro atoms. The number of nitrogens with one attached hydrogen (secondary N) is 2. The molecule has 2 N–H and O–H groups in total. The molecule has 0 saturated heterocycles. The highest BCUT2D eigenvalue weighted by atomic mass is 79.9. The van der Waals surface area contributed by atoms with Crippen LogP contribution < -0.4 is 10.6 Å². The van der Waals surface area contributed by atoms with Gasteiger partial charge in [0.05, 0.1) is 14.5 Å². The SMILES string of the molecule is C=Cc1cnc(NC(C)=O)cc1Cl.CC(=O)Nc1cc(Cl)c(Br)cn1. The second-order valence-corrected chi connectivity index (χ2v) is 6.31. The summed E-state index contributed by atoms with van der Waals surface area (Å²) < 4.78 is 0.707. The molecule has 2 aromatic heterocycles. The predicted octanol–water partition coefficient (Wildman–Crippen LogP) is 4.79. The zero-order chi connectivity index (χ0) is 19.0. The Labute approximate surface area is 163 Å². The van der Waals surface area contributed by atoms with E-state index in [0.717, 1.165) is 5.56 Å². The first-order valence-electron chi connectivity index (χ1n) is 6.87. The Hall–Kier alpha value is -1.96. The van der Waals surface area contributed by atoms with Crippen LogP contribution in [0.5, 0.6) is 0 Å². The number of carbonyl (C=O) groups excluding carboxylic acids is 2. The van der Waals surface area contributed by atoms with Crippen molar-refractivity contribution in [3.05, 3.63) is 51.2 Å². The third-order valence-electron chi connectivity index (χ3n) is 2.52. The highest BCUT2D eigenvalue weighted by Gasteiger charge is 2.01. The first kappa shape index (κ1) is 21.1. The topological polar surface area (TPSA) is 84.0 Å². The molecule has 0 atom stereocenters. The Bertz CT molecular complexity index is 800. The van der Waals surface area contributed by atoms with Gasteiger partial charge in [-0.2, -0.15) is 0 Å². The summed E-state index contributed by atoms with van der Waals surface area (Å²) in [6.45, 7) is 6.40. The van der Waals surface area contributed by atoms with E-state index >= 15 is 0 Å². The maximum atomic E-state index is 10.7. The number of anilines is 2. The molecule has 2 aromatic rings. The van der Waals surface area contributed by atoms with Crippen LogP contribution in [0.3, 0.4) is 0 Å². The highest BCUT2D eigenvalue weighted by Crippen LogP contribution is 2.23. The molecule has 132 valence electrons. The Balaban J connectivity index is 0.000000251. The van der Waals surface area contributed by atoms with Gasteiger partial charge in [0.2, 0.25) is 11.8 Å². The molecular formula is C16H15BrCl2N4O2. The van der Waals surface area contributed by atoms with Gasteiger partial charge in [0, 0.05) is 43.9 Å². The quantitative estimate of drug-likeness (QED) is 0.711. The summed E-state index contributed by atoms with van der Waals surface area (Å²) >= 11 is 14.8. The number of amides is 2. The molecule has 2 rings (SSSR count). The van der Waals surface area contributed by atoms with Crippen LogP contribution in [0.1, 0.15) is 19.4 Å². The Kier molecular flexibility index (Phi) is 8.54. The van der Waals surface area contributed by atoms with E-state index in [1.165, 1.54) is 20.0 Å². The molecular weight excluding hydrogens is 431 g/mol. The third-order valence-corrected chi connectivity index (χ3v) is 4.02. The Morgan fingerprint density at radius 2 is 1.52 bits per heavy atom. The van der Waals surface area contributed by atoms with Crippen LogP contribution >= 0.6 is 39.1 Å². The van der Waals surface area contributed by atoms with Gasteiger partial charge in [-0.3, -0.25) is 9.59 Å².